The lowest BCUT2D eigenvalue weighted by Crippen LogP contribution is -2.40. The molecule has 1 heterocycles. The SMILES string of the molecule is CC(C)(C)NCCNCCCc1ncc[nH]1. The highest BCUT2D eigenvalue weighted by Crippen LogP contribution is 1.96. The molecule has 92 valence electrons. The maximum absolute atomic E-state index is 4.19. The summed E-state index contributed by atoms with van der Waals surface area (Å²) >= 11 is 0. The van der Waals surface area contributed by atoms with Crippen molar-refractivity contribution in [2.24, 2.45) is 0 Å². The molecule has 0 atom stereocenters. The molecule has 0 spiro atoms. The Morgan fingerprint density at radius 2 is 2.06 bits per heavy atom. The Morgan fingerprint density at radius 3 is 2.69 bits per heavy atom. The summed E-state index contributed by atoms with van der Waals surface area (Å²) in [6, 6.07) is 0. The van der Waals surface area contributed by atoms with E-state index in [-0.39, 0.29) is 5.54 Å². The van der Waals surface area contributed by atoms with Crippen LogP contribution in [-0.4, -0.2) is 35.1 Å². The Hall–Kier alpha value is -0.870. The summed E-state index contributed by atoms with van der Waals surface area (Å²) in [5.41, 5.74) is 0.218. The first kappa shape index (κ1) is 13.2. The fraction of sp³-hybridized carbons (Fsp3) is 0.750. The summed E-state index contributed by atoms with van der Waals surface area (Å²) in [7, 11) is 0. The number of hydrogen-bond donors (Lipinski definition) is 3. The zero-order valence-corrected chi connectivity index (χ0v) is 10.6. The molecule has 0 unspecified atom stereocenters. The number of aromatic amines is 1. The van der Waals surface area contributed by atoms with Gasteiger partial charge in [-0.3, -0.25) is 0 Å². The van der Waals surface area contributed by atoms with Crippen LogP contribution >= 0.6 is 0 Å². The predicted octanol–water partition coefficient (Wildman–Crippen LogP) is 1.32. The minimum Gasteiger partial charge on any atom is -0.349 e. The zero-order valence-electron chi connectivity index (χ0n) is 10.6. The average Bonchev–Trinajstić information content (AvgIpc) is 2.67. The van der Waals surface area contributed by atoms with Crippen molar-refractivity contribution in [3.05, 3.63) is 18.2 Å². The number of nitrogens with zero attached hydrogens (tertiary/aromatic N) is 1. The number of H-pyrrole nitrogens is 1. The summed E-state index contributed by atoms with van der Waals surface area (Å²) in [5, 5.41) is 6.86. The van der Waals surface area contributed by atoms with Crippen LogP contribution in [0.2, 0.25) is 0 Å². The highest BCUT2D eigenvalue weighted by molar-refractivity contribution is 4.86. The second kappa shape index (κ2) is 6.66. The normalized spacial score (nSPS) is 11.9. The summed E-state index contributed by atoms with van der Waals surface area (Å²) in [5.74, 6) is 1.08. The maximum atomic E-state index is 4.19. The van der Waals surface area contributed by atoms with Gasteiger partial charge in [-0.2, -0.15) is 0 Å². The van der Waals surface area contributed by atoms with E-state index < -0.39 is 0 Å². The molecule has 4 heteroatoms. The molecule has 0 aromatic carbocycles. The van der Waals surface area contributed by atoms with E-state index in [9.17, 15) is 0 Å². The highest BCUT2D eigenvalue weighted by Gasteiger charge is 2.06. The lowest BCUT2D eigenvalue weighted by Gasteiger charge is -2.20. The van der Waals surface area contributed by atoms with Gasteiger partial charge in [0.25, 0.3) is 0 Å². The first-order valence-electron chi connectivity index (χ1n) is 6.02. The van der Waals surface area contributed by atoms with Crippen LogP contribution in [0.5, 0.6) is 0 Å². The molecule has 0 aliphatic heterocycles. The topological polar surface area (TPSA) is 52.7 Å². The Labute approximate surface area is 98.2 Å². The van der Waals surface area contributed by atoms with Crippen LogP contribution in [0.3, 0.4) is 0 Å². The molecule has 4 nitrogen and oxygen atoms in total. The summed E-state index contributed by atoms with van der Waals surface area (Å²) in [6.07, 6.45) is 5.82. The minimum atomic E-state index is 0.218. The highest BCUT2D eigenvalue weighted by atomic mass is 15.0. The fourth-order valence-electron chi connectivity index (χ4n) is 1.47. The van der Waals surface area contributed by atoms with Crippen LogP contribution in [0.25, 0.3) is 0 Å². The summed E-state index contributed by atoms with van der Waals surface area (Å²) < 4.78 is 0. The number of nitrogens with one attached hydrogen (secondary N) is 3. The number of aryl methyl sites for hydroxylation is 1. The second-order valence-corrected chi connectivity index (χ2v) is 5.07. The first-order chi connectivity index (χ1) is 7.58. The molecular formula is C12H24N4. The molecule has 0 saturated carbocycles. The monoisotopic (exact) mass is 224 g/mol. The fourth-order valence-corrected chi connectivity index (χ4v) is 1.47. The minimum absolute atomic E-state index is 0.218. The molecule has 16 heavy (non-hydrogen) atoms. The van der Waals surface area contributed by atoms with E-state index in [4.69, 9.17) is 0 Å². The van der Waals surface area contributed by atoms with Gasteiger partial charge in [0.15, 0.2) is 0 Å². The molecule has 0 saturated heterocycles. The van der Waals surface area contributed by atoms with E-state index >= 15 is 0 Å². The van der Waals surface area contributed by atoms with Crippen molar-refractivity contribution in [2.45, 2.75) is 39.2 Å². The van der Waals surface area contributed by atoms with Gasteiger partial charge in [0.2, 0.25) is 0 Å². The molecule has 0 radical (unpaired) electrons. The third-order valence-corrected chi connectivity index (χ3v) is 2.28. The van der Waals surface area contributed by atoms with Crippen LogP contribution < -0.4 is 10.6 Å². The third kappa shape index (κ3) is 6.58. The first-order valence-corrected chi connectivity index (χ1v) is 6.02. The zero-order chi connectivity index (χ0) is 11.9. The van der Waals surface area contributed by atoms with Crippen molar-refractivity contribution < 1.29 is 0 Å². The van der Waals surface area contributed by atoms with Crippen LogP contribution in [0.15, 0.2) is 12.4 Å². The van der Waals surface area contributed by atoms with Crippen molar-refractivity contribution in [3.8, 4) is 0 Å². The van der Waals surface area contributed by atoms with Gasteiger partial charge < -0.3 is 15.6 Å². The van der Waals surface area contributed by atoms with E-state index in [0.717, 1.165) is 38.3 Å². The maximum Gasteiger partial charge on any atom is 0.106 e. The molecule has 1 rings (SSSR count). The van der Waals surface area contributed by atoms with Gasteiger partial charge in [0, 0.05) is 37.4 Å². The van der Waals surface area contributed by atoms with Crippen LogP contribution in [0.1, 0.15) is 33.0 Å². The van der Waals surface area contributed by atoms with Gasteiger partial charge in [0.1, 0.15) is 5.82 Å². The molecule has 0 aliphatic rings. The Kier molecular flexibility index (Phi) is 5.49. The Balaban J connectivity index is 1.89. The molecule has 0 fully saturated rings. The smallest absolute Gasteiger partial charge is 0.106 e. The van der Waals surface area contributed by atoms with Crippen molar-refractivity contribution in [3.63, 3.8) is 0 Å². The quantitative estimate of drug-likeness (QED) is 0.612. The molecular weight excluding hydrogens is 200 g/mol. The molecule has 3 N–H and O–H groups in total. The second-order valence-electron chi connectivity index (χ2n) is 5.07. The van der Waals surface area contributed by atoms with Gasteiger partial charge in [-0.15, -0.1) is 0 Å². The van der Waals surface area contributed by atoms with E-state index in [1.165, 1.54) is 0 Å². The van der Waals surface area contributed by atoms with Gasteiger partial charge in [0.05, 0.1) is 0 Å². The van der Waals surface area contributed by atoms with E-state index in [1.807, 2.05) is 6.20 Å². The van der Waals surface area contributed by atoms with Crippen molar-refractivity contribution in [2.75, 3.05) is 19.6 Å². The average molecular weight is 224 g/mol. The van der Waals surface area contributed by atoms with Crippen LogP contribution in [0.4, 0.5) is 0 Å². The molecule has 0 amide bonds. The summed E-state index contributed by atoms with van der Waals surface area (Å²) in [6.45, 7) is 9.64. The lowest BCUT2D eigenvalue weighted by atomic mass is 10.1. The number of rotatable bonds is 7. The molecule has 1 aromatic heterocycles. The van der Waals surface area contributed by atoms with Crippen molar-refractivity contribution in [1.29, 1.82) is 0 Å². The number of hydrogen-bond acceptors (Lipinski definition) is 3. The lowest BCUT2D eigenvalue weighted by molar-refractivity contribution is 0.421. The van der Waals surface area contributed by atoms with Crippen molar-refractivity contribution in [1.82, 2.24) is 20.6 Å². The predicted molar refractivity (Wildman–Crippen MR) is 67.5 cm³/mol. The van der Waals surface area contributed by atoms with Crippen LogP contribution in [-0.2, 0) is 6.42 Å². The summed E-state index contributed by atoms with van der Waals surface area (Å²) in [4.78, 5) is 7.29. The Morgan fingerprint density at radius 1 is 1.25 bits per heavy atom. The molecule has 0 aliphatic carbocycles. The van der Waals surface area contributed by atoms with E-state index in [2.05, 4.69) is 41.4 Å². The van der Waals surface area contributed by atoms with Gasteiger partial charge >= 0.3 is 0 Å². The third-order valence-electron chi connectivity index (χ3n) is 2.28. The van der Waals surface area contributed by atoms with E-state index in [1.54, 1.807) is 6.20 Å². The van der Waals surface area contributed by atoms with Crippen LogP contribution in [0, 0.1) is 0 Å². The number of aromatic nitrogens is 2. The van der Waals surface area contributed by atoms with Gasteiger partial charge in [-0.25, -0.2) is 4.98 Å². The largest absolute Gasteiger partial charge is 0.349 e. The van der Waals surface area contributed by atoms with Gasteiger partial charge in [-0.1, -0.05) is 0 Å². The number of imidazole rings is 1. The van der Waals surface area contributed by atoms with E-state index in [0.29, 0.717) is 0 Å². The standard InChI is InChI=1S/C12H24N4/c1-12(2,3)16-10-7-13-6-4-5-11-14-8-9-15-11/h8-9,13,16H,4-7,10H2,1-3H3,(H,14,15). The van der Waals surface area contributed by atoms with Gasteiger partial charge in [-0.05, 0) is 33.7 Å². The molecule has 1 aromatic rings. The van der Waals surface area contributed by atoms with Crippen molar-refractivity contribution >= 4 is 0 Å². The molecule has 0 bridgehead atoms. The Bertz CT molecular complexity index is 261.